The summed E-state index contributed by atoms with van der Waals surface area (Å²) in [5, 5.41) is 2.74. The van der Waals surface area contributed by atoms with Crippen molar-refractivity contribution in [1.82, 2.24) is 10.2 Å². The van der Waals surface area contributed by atoms with Crippen LogP contribution in [0.4, 0.5) is 0 Å². The first-order valence-corrected chi connectivity index (χ1v) is 6.35. The van der Waals surface area contributed by atoms with Crippen LogP contribution in [-0.4, -0.2) is 49.1 Å². The van der Waals surface area contributed by atoms with Crippen molar-refractivity contribution in [2.45, 2.75) is 39.2 Å². The van der Waals surface area contributed by atoms with Crippen LogP contribution in [0.15, 0.2) is 0 Å². The van der Waals surface area contributed by atoms with E-state index in [0.717, 1.165) is 13.0 Å². The van der Waals surface area contributed by atoms with Crippen LogP contribution in [0.2, 0.25) is 0 Å². The van der Waals surface area contributed by atoms with E-state index in [-0.39, 0.29) is 17.9 Å². The lowest BCUT2D eigenvalue weighted by Gasteiger charge is -2.23. The van der Waals surface area contributed by atoms with Gasteiger partial charge in [0.2, 0.25) is 11.8 Å². The first-order valence-electron chi connectivity index (χ1n) is 6.35. The maximum absolute atomic E-state index is 12.0. The zero-order valence-electron chi connectivity index (χ0n) is 10.7. The monoisotopic (exact) mass is 242 g/mol. The van der Waals surface area contributed by atoms with Gasteiger partial charge in [-0.3, -0.25) is 9.59 Å². The Morgan fingerprint density at radius 1 is 1.35 bits per heavy atom. The van der Waals surface area contributed by atoms with Crippen LogP contribution < -0.4 is 5.32 Å². The molecule has 0 aliphatic carbocycles. The third-order valence-electron chi connectivity index (χ3n) is 2.82. The lowest BCUT2D eigenvalue weighted by molar-refractivity contribution is -0.134. The van der Waals surface area contributed by atoms with Gasteiger partial charge in [-0.1, -0.05) is 13.8 Å². The van der Waals surface area contributed by atoms with E-state index in [9.17, 15) is 9.59 Å². The molecule has 0 aromatic carbocycles. The molecule has 0 spiro atoms. The number of hydrogen-bond acceptors (Lipinski definition) is 3. The molecule has 2 amide bonds. The first kappa shape index (κ1) is 14.0. The quantitative estimate of drug-likeness (QED) is 0.692. The molecule has 1 fully saturated rings. The number of nitrogens with zero attached hydrogens (tertiary/aromatic N) is 1. The second-order valence-electron chi connectivity index (χ2n) is 4.22. The van der Waals surface area contributed by atoms with Crippen molar-refractivity contribution in [3.05, 3.63) is 0 Å². The highest BCUT2D eigenvalue weighted by molar-refractivity contribution is 5.89. The lowest BCUT2D eigenvalue weighted by atomic mass is 10.2. The second-order valence-corrected chi connectivity index (χ2v) is 4.22. The zero-order chi connectivity index (χ0) is 12.7. The third-order valence-corrected chi connectivity index (χ3v) is 2.82. The molecule has 5 heteroatoms. The van der Waals surface area contributed by atoms with Gasteiger partial charge in [0.15, 0.2) is 0 Å². The van der Waals surface area contributed by atoms with Gasteiger partial charge in [-0.2, -0.15) is 0 Å². The van der Waals surface area contributed by atoms with E-state index in [0.29, 0.717) is 32.5 Å². The fourth-order valence-electron chi connectivity index (χ4n) is 1.82. The van der Waals surface area contributed by atoms with Gasteiger partial charge < -0.3 is 15.0 Å². The molecule has 1 unspecified atom stereocenters. The van der Waals surface area contributed by atoms with Crippen LogP contribution in [0.25, 0.3) is 0 Å². The van der Waals surface area contributed by atoms with E-state index in [1.807, 2.05) is 13.8 Å². The molecule has 0 bridgehead atoms. The summed E-state index contributed by atoms with van der Waals surface area (Å²) in [6.45, 7) is 6.29. The van der Waals surface area contributed by atoms with Gasteiger partial charge in [0.05, 0.1) is 6.61 Å². The second kappa shape index (κ2) is 7.27. The highest BCUT2D eigenvalue weighted by Gasteiger charge is 2.27. The molecule has 1 aliphatic heterocycles. The van der Waals surface area contributed by atoms with E-state index in [4.69, 9.17) is 4.74 Å². The Morgan fingerprint density at radius 2 is 2.12 bits per heavy atom. The van der Waals surface area contributed by atoms with Crippen molar-refractivity contribution in [2.75, 3.05) is 26.3 Å². The molecule has 0 saturated carbocycles. The SMILES string of the molecule is CCCOCCN1CCC(=O)NC(CC)C1=O. The summed E-state index contributed by atoms with van der Waals surface area (Å²) in [6, 6.07) is -0.365. The van der Waals surface area contributed by atoms with Crippen LogP contribution in [0.5, 0.6) is 0 Å². The molecule has 0 radical (unpaired) electrons. The summed E-state index contributed by atoms with van der Waals surface area (Å²) in [6.07, 6.45) is 2.00. The Morgan fingerprint density at radius 3 is 2.76 bits per heavy atom. The molecule has 17 heavy (non-hydrogen) atoms. The highest BCUT2D eigenvalue weighted by atomic mass is 16.5. The van der Waals surface area contributed by atoms with Gasteiger partial charge >= 0.3 is 0 Å². The average molecular weight is 242 g/mol. The van der Waals surface area contributed by atoms with Crippen molar-refractivity contribution in [1.29, 1.82) is 0 Å². The number of ether oxygens (including phenoxy) is 1. The minimum absolute atomic E-state index is 0.0125. The molecule has 0 aromatic rings. The standard InChI is InChI=1S/C12H22N2O3/c1-3-8-17-9-7-14-6-5-11(15)13-10(4-2)12(14)16/h10H,3-9H2,1-2H3,(H,13,15). The third kappa shape index (κ3) is 4.34. The molecule has 5 nitrogen and oxygen atoms in total. The number of carbonyl (C=O) groups excluding carboxylic acids is 2. The molecule has 1 N–H and O–H groups in total. The molecule has 1 saturated heterocycles. The van der Waals surface area contributed by atoms with E-state index in [2.05, 4.69) is 5.32 Å². The highest BCUT2D eigenvalue weighted by Crippen LogP contribution is 2.06. The van der Waals surface area contributed by atoms with Crippen LogP contribution in [0.1, 0.15) is 33.1 Å². The van der Waals surface area contributed by atoms with Crippen molar-refractivity contribution in [2.24, 2.45) is 0 Å². The minimum atomic E-state index is -0.365. The van der Waals surface area contributed by atoms with Crippen molar-refractivity contribution in [3.8, 4) is 0 Å². The zero-order valence-corrected chi connectivity index (χ0v) is 10.7. The minimum Gasteiger partial charge on any atom is -0.380 e. The van der Waals surface area contributed by atoms with Gasteiger partial charge in [0.1, 0.15) is 6.04 Å². The van der Waals surface area contributed by atoms with E-state index < -0.39 is 0 Å². The molecule has 1 aliphatic rings. The van der Waals surface area contributed by atoms with Crippen molar-refractivity contribution >= 4 is 11.8 Å². The van der Waals surface area contributed by atoms with Crippen molar-refractivity contribution < 1.29 is 14.3 Å². The predicted octanol–water partition coefficient (Wildman–Crippen LogP) is 0.540. The van der Waals surface area contributed by atoms with Gasteiger partial charge in [-0.05, 0) is 12.8 Å². The molecule has 0 aromatic heterocycles. The predicted molar refractivity (Wildman–Crippen MR) is 64.5 cm³/mol. The Hall–Kier alpha value is -1.10. The molecule has 98 valence electrons. The van der Waals surface area contributed by atoms with Crippen LogP contribution in [0, 0.1) is 0 Å². The van der Waals surface area contributed by atoms with Gasteiger partial charge in [-0.25, -0.2) is 0 Å². The van der Waals surface area contributed by atoms with E-state index >= 15 is 0 Å². The fraction of sp³-hybridized carbons (Fsp3) is 0.833. The lowest BCUT2D eigenvalue weighted by Crippen LogP contribution is -2.45. The summed E-state index contributed by atoms with van der Waals surface area (Å²) >= 11 is 0. The van der Waals surface area contributed by atoms with Gasteiger partial charge in [0, 0.05) is 26.1 Å². The molecule has 1 heterocycles. The Labute approximate surface area is 102 Å². The number of nitrogens with one attached hydrogen (secondary N) is 1. The number of amides is 2. The molecule has 1 rings (SSSR count). The normalized spacial score (nSPS) is 21.3. The van der Waals surface area contributed by atoms with E-state index in [1.54, 1.807) is 4.90 Å². The van der Waals surface area contributed by atoms with E-state index in [1.165, 1.54) is 0 Å². The van der Waals surface area contributed by atoms with Crippen LogP contribution >= 0.6 is 0 Å². The number of carbonyl (C=O) groups is 2. The molecular weight excluding hydrogens is 220 g/mol. The van der Waals surface area contributed by atoms with Crippen LogP contribution in [0.3, 0.4) is 0 Å². The van der Waals surface area contributed by atoms with Crippen molar-refractivity contribution in [3.63, 3.8) is 0 Å². The largest absolute Gasteiger partial charge is 0.380 e. The summed E-state index contributed by atoms with van der Waals surface area (Å²) in [7, 11) is 0. The summed E-state index contributed by atoms with van der Waals surface area (Å²) in [4.78, 5) is 25.2. The Balaban J connectivity index is 2.46. The summed E-state index contributed by atoms with van der Waals surface area (Å²) < 4.78 is 5.37. The smallest absolute Gasteiger partial charge is 0.245 e. The van der Waals surface area contributed by atoms with Crippen LogP contribution in [-0.2, 0) is 14.3 Å². The Kier molecular flexibility index (Phi) is 5.97. The van der Waals surface area contributed by atoms with Gasteiger partial charge in [-0.15, -0.1) is 0 Å². The molecule has 1 atom stereocenters. The topological polar surface area (TPSA) is 58.6 Å². The maximum atomic E-state index is 12.0. The number of hydrogen-bond donors (Lipinski definition) is 1. The average Bonchev–Trinajstić information content (AvgIpc) is 2.46. The fourth-order valence-corrected chi connectivity index (χ4v) is 1.82. The summed E-state index contributed by atoms with van der Waals surface area (Å²) in [5.74, 6) is -0.0272. The first-order chi connectivity index (χ1) is 8.19. The summed E-state index contributed by atoms with van der Waals surface area (Å²) in [5.41, 5.74) is 0. The Bertz CT molecular complexity index is 268. The molecular formula is C12H22N2O3. The maximum Gasteiger partial charge on any atom is 0.245 e. The van der Waals surface area contributed by atoms with Gasteiger partial charge in [0.25, 0.3) is 0 Å². The number of rotatable bonds is 6.